The van der Waals surface area contributed by atoms with Crippen molar-refractivity contribution in [3.05, 3.63) is 29.3 Å². The summed E-state index contributed by atoms with van der Waals surface area (Å²) in [6, 6.07) is 7.05. The van der Waals surface area contributed by atoms with Gasteiger partial charge in [0.1, 0.15) is 5.75 Å². The number of hydrogen-bond donors (Lipinski definition) is 1. The minimum atomic E-state index is 0.496. The monoisotopic (exact) mass is 279 g/mol. The predicted molar refractivity (Wildman–Crippen MR) is 84.3 cm³/mol. The van der Waals surface area contributed by atoms with Crippen LogP contribution in [0.15, 0.2) is 18.2 Å². The molecule has 1 aliphatic carbocycles. The van der Waals surface area contributed by atoms with Gasteiger partial charge in [-0.05, 0) is 54.8 Å². The van der Waals surface area contributed by atoms with Gasteiger partial charge in [0.25, 0.3) is 0 Å². The zero-order valence-electron chi connectivity index (χ0n) is 12.2. The Balaban J connectivity index is 2.21. The quantitative estimate of drug-likeness (QED) is 0.855. The summed E-state index contributed by atoms with van der Waals surface area (Å²) in [5, 5.41) is 4.38. The smallest absolute Gasteiger partial charge is 0.119 e. The Morgan fingerprint density at radius 2 is 2.21 bits per heavy atom. The van der Waals surface area contributed by atoms with E-state index in [1.165, 1.54) is 36.1 Å². The van der Waals surface area contributed by atoms with E-state index in [1.54, 1.807) is 7.11 Å². The summed E-state index contributed by atoms with van der Waals surface area (Å²) in [5.41, 5.74) is 2.93. The maximum absolute atomic E-state index is 5.34. The summed E-state index contributed by atoms with van der Waals surface area (Å²) in [4.78, 5) is 0. The fourth-order valence-electron chi connectivity index (χ4n) is 2.80. The molecule has 0 spiro atoms. The van der Waals surface area contributed by atoms with E-state index in [2.05, 4.69) is 49.1 Å². The van der Waals surface area contributed by atoms with Gasteiger partial charge in [-0.1, -0.05) is 19.9 Å². The van der Waals surface area contributed by atoms with Crippen LogP contribution in [0.3, 0.4) is 0 Å². The summed E-state index contributed by atoms with van der Waals surface area (Å²) < 4.78 is 5.34. The Morgan fingerprint density at radius 3 is 2.89 bits per heavy atom. The van der Waals surface area contributed by atoms with Crippen LogP contribution in [0, 0.1) is 0 Å². The molecular formula is C16H25NOS. The van der Waals surface area contributed by atoms with Crippen LogP contribution in [0.5, 0.6) is 5.75 Å². The lowest BCUT2D eigenvalue weighted by Crippen LogP contribution is -2.34. The van der Waals surface area contributed by atoms with Crippen LogP contribution >= 0.6 is 11.8 Å². The molecule has 19 heavy (non-hydrogen) atoms. The van der Waals surface area contributed by atoms with Crippen molar-refractivity contribution in [3.63, 3.8) is 0 Å². The van der Waals surface area contributed by atoms with Gasteiger partial charge in [0.15, 0.2) is 0 Å². The minimum absolute atomic E-state index is 0.496. The van der Waals surface area contributed by atoms with Crippen LogP contribution in [-0.4, -0.2) is 24.7 Å². The molecule has 2 unspecified atom stereocenters. The zero-order chi connectivity index (χ0) is 13.7. The summed E-state index contributed by atoms with van der Waals surface area (Å²) in [6.45, 7) is 5.48. The highest BCUT2D eigenvalue weighted by Crippen LogP contribution is 2.38. The summed E-state index contributed by atoms with van der Waals surface area (Å²) in [5.74, 6) is 2.24. The molecule has 0 aromatic heterocycles. The lowest BCUT2D eigenvalue weighted by molar-refractivity contribution is 0.411. The third kappa shape index (κ3) is 3.46. The highest BCUT2D eigenvalue weighted by molar-refractivity contribution is 7.99. The van der Waals surface area contributed by atoms with Crippen molar-refractivity contribution in [2.24, 2.45) is 0 Å². The van der Waals surface area contributed by atoms with E-state index in [4.69, 9.17) is 4.74 Å². The van der Waals surface area contributed by atoms with Gasteiger partial charge in [-0.3, -0.25) is 0 Å². The fraction of sp³-hybridized carbons (Fsp3) is 0.625. The second-order valence-electron chi connectivity index (χ2n) is 5.05. The second kappa shape index (κ2) is 7.20. The molecule has 0 saturated heterocycles. The van der Waals surface area contributed by atoms with Gasteiger partial charge in [-0.15, -0.1) is 0 Å². The zero-order valence-corrected chi connectivity index (χ0v) is 13.1. The van der Waals surface area contributed by atoms with Crippen molar-refractivity contribution >= 4 is 11.8 Å². The van der Waals surface area contributed by atoms with Crippen LogP contribution in [0.2, 0.25) is 0 Å². The van der Waals surface area contributed by atoms with E-state index in [0.29, 0.717) is 11.3 Å². The van der Waals surface area contributed by atoms with E-state index in [9.17, 15) is 0 Å². The molecule has 1 aromatic carbocycles. The van der Waals surface area contributed by atoms with Gasteiger partial charge in [0, 0.05) is 11.3 Å². The Labute approximate surface area is 121 Å². The number of nitrogens with one attached hydrogen (secondary N) is 1. The van der Waals surface area contributed by atoms with Gasteiger partial charge in [0.2, 0.25) is 0 Å². The largest absolute Gasteiger partial charge is 0.497 e. The second-order valence-corrected chi connectivity index (χ2v) is 6.40. The molecule has 2 atom stereocenters. The van der Waals surface area contributed by atoms with Crippen molar-refractivity contribution in [2.45, 2.75) is 44.4 Å². The van der Waals surface area contributed by atoms with Crippen molar-refractivity contribution in [2.75, 3.05) is 19.4 Å². The third-order valence-electron chi connectivity index (χ3n) is 3.72. The predicted octanol–water partition coefficient (Wildman–Crippen LogP) is 3.80. The Kier molecular flexibility index (Phi) is 5.59. The number of ether oxygens (including phenoxy) is 1. The first-order valence-electron chi connectivity index (χ1n) is 7.32. The van der Waals surface area contributed by atoms with Crippen molar-refractivity contribution in [3.8, 4) is 5.75 Å². The highest BCUT2D eigenvalue weighted by Gasteiger charge is 2.29. The van der Waals surface area contributed by atoms with E-state index < -0.39 is 0 Å². The molecule has 106 valence electrons. The number of rotatable bonds is 6. The molecule has 2 nitrogen and oxygen atoms in total. The first-order chi connectivity index (χ1) is 9.30. The van der Waals surface area contributed by atoms with E-state index in [0.717, 1.165) is 12.3 Å². The maximum Gasteiger partial charge on any atom is 0.119 e. The molecule has 1 aliphatic rings. The normalized spacial score (nSPS) is 22.1. The topological polar surface area (TPSA) is 21.3 Å². The maximum atomic E-state index is 5.34. The lowest BCUT2D eigenvalue weighted by atomic mass is 9.87. The van der Waals surface area contributed by atoms with Crippen LogP contribution in [0.4, 0.5) is 0 Å². The number of fused-ring (bicyclic) bond motifs is 1. The molecular weight excluding hydrogens is 254 g/mol. The third-order valence-corrected chi connectivity index (χ3v) is 5.30. The number of methoxy groups -OCH3 is 1. The standard InChI is InChI=1S/C16H25NOS/c1-4-10-19-15-9-6-12-11-13(18-3)7-8-14(12)16(15)17-5-2/h7-8,11,15-17H,4-6,9-10H2,1-3H3. The molecule has 0 saturated carbocycles. The van der Waals surface area contributed by atoms with Crippen LogP contribution in [0.1, 0.15) is 43.9 Å². The average Bonchev–Trinajstić information content (AvgIpc) is 2.46. The summed E-state index contributed by atoms with van der Waals surface area (Å²) in [7, 11) is 1.74. The van der Waals surface area contributed by atoms with Crippen molar-refractivity contribution in [1.82, 2.24) is 5.32 Å². The van der Waals surface area contributed by atoms with Gasteiger partial charge >= 0.3 is 0 Å². The van der Waals surface area contributed by atoms with Crippen LogP contribution < -0.4 is 10.1 Å². The summed E-state index contributed by atoms with van der Waals surface area (Å²) in [6.07, 6.45) is 3.70. The Morgan fingerprint density at radius 1 is 1.37 bits per heavy atom. The van der Waals surface area contributed by atoms with Gasteiger partial charge in [-0.25, -0.2) is 0 Å². The Bertz CT molecular complexity index is 408. The van der Waals surface area contributed by atoms with Crippen molar-refractivity contribution in [1.29, 1.82) is 0 Å². The molecule has 0 radical (unpaired) electrons. The molecule has 1 aromatic rings. The Hall–Kier alpha value is -0.670. The number of benzene rings is 1. The van der Waals surface area contributed by atoms with Crippen LogP contribution in [0.25, 0.3) is 0 Å². The number of aryl methyl sites for hydroxylation is 1. The molecule has 1 N–H and O–H groups in total. The number of thioether (sulfide) groups is 1. The van der Waals surface area contributed by atoms with E-state index in [-0.39, 0.29) is 0 Å². The molecule has 0 fully saturated rings. The SMILES string of the molecule is CCCSC1CCc2cc(OC)ccc2C1NCC. The van der Waals surface area contributed by atoms with Gasteiger partial charge in [-0.2, -0.15) is 11.8 Å². The molecule has 0 amide bonds. The van der Waals surface area contributed by atoms with Gasteiger partial charge in [0.05, 0.1) is 7.11 Å². The molecule has 0 bridgehead atoms. The molecule has 0 heterocycles. The lowest BCUT2D eigenvalue weighted by Gasteiger charge is -2.34. The number of hydrogen-bond acceptors (Lipinski definition) is 3. The molecule has 2 rings (SSSR count). The summed E-state index contributed by atoms with van der Waals surface area (Å²) >= 11 is 2.13. The molecule has 3 heteroatoms. The van der Waals surface area contributed by atoms with E-state index >= 15 is 0 Å². The first-order valence-corrected chi connectivity index (χ1v) is 8.36. The van der Waals surface area contributed by atoms with Crippen molar-refractivity contribution < 1.29 is 4.74 Å². The minimum Gasteiger partial charge on any atom is -0.497 e. The first kappa shape index (κ1) is 14.7. The van der Waals surface area contributed by atoms with E-state index in [1.807, 2.05) is 0 Å². The average molecular weight is 279 g/mol. The molecule has 0 aliphatic heterocycles. The van der Waals surface area contributed by atoms with Crippen LogP contribution in [-0.2, 0) is 6.42 Å². The fourth-order valence-corrected chi connectivity index (χ4v) is 4.06. The van der Waals surface area contributed by atoms with Gasteiger partial charge < -0.3 is 10.1 Å². The highest BCUT2D eigenvalue weighted by atomic mass is 32.2.